The maximum Gasteiger partial charge on any atom is 2.00 e. The average Bonchev–Trinajstić information content (AvgIpc) is 0.811. The molecule has 0 nitrogen and oxygen atoms in total. The van der Waals surface area contributed by atoms with Crippen molar-refractivity contribution in [2.45, 2.75) is 0 Å². The number of hydrogen-bond donors (Lipinski definition) is 0. The quantitative estimate of drug-likeness (QED) is 0.586. The van der Waals surface area contributed by atoms with Gasteiger partial charge in [0.05, 0.1) is 0 Å². The first-order valence-electron chi connectivity index (χ1n) is 0.507. The molecule has 0 aliphatic heterocycles. The molecule has 0 saturated carbocycles. The Morgan fingerprint density at radius 2 is 1.20 bits per heavy atom. The van der Waals surface area contributed by atoms with Gasteiger partial charge in [-0.3, -0.25) is 0 Å². The van der Waals surface area contributed by atoms with Crippen LogP contribution in [0.4, 0.5) is 0 Å². The van der Waals surface area contributed by atoms with Crippen LogP contribution in [0.3, 0.4) is 0 Å². The third-order valence-corrected chi connectivity index (χ3v) is 0. The van der Waals surface area contributed by atoms with E-state index in [1.807, 2.05) is 0 Å². The van der Waals surface area contributed by atoms with Gasteiger partial charge in [0.2, 0.25) is 0 Å². The number of rotatable bonds is 0. The van der Waals surface area contributed by atoms with E-state index in [9.17, 15) is 0 Å². The topological polar surface area (TPSA) is 0 Å². The van der Waals surface area contributed by atoms with Gasteiger partial charge in [0, 0.05) is 0 Å². The van der Waals surface area contributed by atoms with Crippen LogP contribution in [-0.2, 0) is 0 Å². The van der Waals surface area contributed by atoms with Gasteiger partial charge in [-0.15, -0.1) is 0 Å². The molecule has 0 saturated heterocycles. The van der Waals surface area contributed by atoms with Crippen molar-refractivity contribution in [3.05, 3.63) is 0 Å². The van der Waals surface area contributed by atoms with E-state index in [2.05, 4.69) is 0 Å². The van der Waals surface area contributed by atoms with E-state index in [-0.39, 0.29) is 25.9 Å². The second-order valence-corrected chi connectivity index (χ2v) is 15.1. The fraction of sp³-hybridized carbons (Fsp3) is 0. The molecule has 0 atom stereocenters. The maximum absolute atomic E-state index is 5.01. The van der Waals surface area contributed by atoms with E-state index in [4.69, 9.17) is 25.5 Å². The Labute approximate surface area is 68.6 Å². The van der Waals surface area contributed by atoms with Gasteiger partial charge in [0.1, 0.15) is 0 Å². The summed E-state index contributed by atoms with van der Waals surface area (Å²) in [6.45, 7) is 0. The van der Waals surface area contributed by atoms with E-state index in [1.165, 1.54) is 0 Å². The molecule has 0 radical (unpaired) electrons. The Bertz CT molecular complexity index is 17.7. The van der Waals surface area contributed by atoms with Crippen molar-refractivity contribution >= 4 is 66.8 Å². The van der Waals surface area contributed by atoms with E-state index >= 15 is 0 Å². The normalized spacial score (nSPS) is 7.20. The molecule has 0 aromatic carbocycles. The molecule has 0 aromatic heterocycles. The summed E-state index contributed by atoms with van der Waals surface area (Å²) in [5.74, 6) is 0. The largest absolute Gasteiger partial charge is 2.00 e. The minimum Gasteiger partial charge on any atom is -1.00 e. The van der Waals surface area contributed by atoms with E-state index in [1.54, 1.807) is 0 Å². The van der Waals surface area contributed by atoms with Crippen molar-refractivity contribution in [1.82, 2.24) is 0 Å². The molecule has 0 amide bonds. The summed E-state index contributed by atoms with van der Waals surface area (Å²) >= 11 is -2.18. The van der Waals surface area contributed by atoms with Crippen molar-refractivity contribution in [2.24, 2.45) is 0 Å². The van der Waals surface area contributed by atoms with Crippen LogP contribution >= 0.6 is 25.5 Å². The van der Waals surface area contributed by atoms with Crippen LogP contribution in [0.5, 0.6) is 0 Å². The predicted octanol–water partition coefficient (Wildman–Crippen LogP) is 1.53. The van der Waals surface area contributed by atoms with Crippen molar-refractivity contribution in [2.75, 3.05) is 0 Å². The molecule has 0 aliphatic rings. The van der Waals surface area contributed by atoms with Gasteiger partial charge >= 0.3 is 66.8 Å². The Hall–Kier alpha value is 2.52. The molecular weight excluding hydrogens is 340 g/mol. The van der Waals surface area contributed by atoms with E-state index in [0.717, 1.165) is 0 Å². The second-order valence-electron chi connectivity index (χ2n) is 0.192. The third-order valence-electron chi connectivity index (χ3n) is 0. The van der Waals surface area contributed by atoms with Crippen molar-refractivity contribution in [1.29, 1.82) is 0 Å². The first-order valence-corrected chi connectivity index (χ1v) is 13.3. The summed E-state index contributed by atoms with van der Waals surface area (Å²) in [6.07, 6.45) is 0. The zero-order valence-corrected chi connectivity index (χ0v) is 9.45. The van der Waals surface area contributed by atoms with Gasteiger partial charge in [-0.1, -0.05) is 0 Å². The molecule has 0 bridgehead atoms. The minimum atomic E-state index is -2.18. The van der Waals surface area contributed by atoms with Crippen molar-refractivity contribution in [3.8, 4) is 0 Å². The Morgan fingerprint density at radius 1 is 1.20 bits per heavy atom. The molecule has 0 aromatic rings. The minimum absolute atomic E-state index is 0. The zero-order valence-electron chi connectivity index (χ0n) is 4.29. The van der Waals surface area contributed by atoms with Gasteiger partial charge < -0.3 is 2.85 Å². The fourth-order valence-corrected chi connectivity index (χ4v) is 0. The van der Waals surface area contributed by atoms with E-state index < -0.39 is 18.2 Å². The number of halogens is 3. The van der Waals surface area contributed by atoms with Gasteiger partial charge in [-0.05, 0) is 0 Å². The van der Waals surface area contributed by atoms with Crippen LogP contribution < -0.4 is 0 Å². The van der Waals surface area contributed by atoms with Crippen LogP contribution in [0.25, 0.3) is 0 Å². The molecule has 0 rings (SSSR count). The second kappa shape index (κ2) is 6.52. The van der Waals surface area contributed by atoms with Gasteiger partial charge in [0.15, 0.2) is 0 Å². The van der Waals surface area contributed by atoms with E-state index in [0.29, 0.717) is 0 Å². The smallest absolute Gasteiger partial charge is 1.00 e. The summed E-state index contributed by atoms with van der Waals surface area (Å²) in [7, 11) is 15.0. The molecule has 0 heterocycles. The Balaban J connectivity index is -0.0000000150. The van der Waals surface area contributed by atoms with Crippen LogP contribution in [0.1, 0.15) is 2.85 Å². The Kier molecular flexibility index (Phi) is 13.7. The third kappa shape index (κ3) is 21.0. The average molecular weight is 342 g/mol. The van der Waals surface area contributed by atoms with Crippen molar-refractivity contribution < 1.29 is 2.85 Å². The summed E-state index contributed by atoms with van der Waals surface area (Å²) in [5, 5.41) is 0. The van der Waals surface area contributed by atoms with Crippen LogP contribution in [-0.4, -0.2) is 41.2 Å². The fourth-order valence-electron chi connectivity index (χ4n) is 0. The van der Waals surface area contributed by atoms with Crippen LogP contribution in [0.2, 0.25) is 0 Å². The molecule has 0 aliphatic carbocycles. The monoisotopic (exact) mass is 340 g/mol. The molecule has 5 heavy (non-hydrogen) atoms. The van der Waals surface area contributed by atoms with Crippen LogP contribution in [0, 0.1) is 0 Å². The molecule has 0 fully saturated rings. The van der Waals surface area contributed by atoms with Gasteiger partial charge in [-0.25, -0.2) is 0 Å². The summed E-state index contributed by atoms with van der Waals surface area (Å²) < 4.78 is 0. The van der Waals surface area contributed by atoms with Crippen molar-refractivity contribution in [3.63, 3.8) is 0 Å². The maximum atomic E-state index is 5.01. The Morgan fingerprint density at radius 3 is 1.20 bits per heavy atom. The first-order chi connectivity index (χ1) is 1.73. The zero-order chi connectivity index (χ0) is 3.58. The molecule has 5 heteroatoms. The molecular formula is H2BiCl3Mg. The van der Waals surface area contributed by atoms with Crippen LogP contribution in [0.15, 0.2) is 0 Å². The van der Waals surface area contributed by atoms with Gasteiger partial charge in [0.25, 0.3) is 0 Å². The summed E-state index contributed by atoms with van der Waals surface area (Å²) in [6, 6.07) is 0. The molecule has 30 valence electrons. The summed E-state index contributed by atoms with van der Waals surface area (Å²) in [4.78, 5) is 0. The predicted molar refractivity (Wildman–Crippen MR) is 31.3 cm³/mol. The summed E-state index contributed by atoms with van der Waals surface area (Å²) in [5.41, 5.74) is 0. The molecule has 0 spiro atoms. The first kappa shape index (κ1) is 10.5. The van der Waals surface area contributed by atoms with Gasteiger partial charge in [-0.2, -0.15) is 0 Å². The molecule has 0 N–H and O–H groups in total. The number of hydrogen-bond acceptors (Lipinski definition) is 0. The standard InChI is InChI=1S/Bi.3ClH.Mg.2H/h;3*1H;;;/q+3;;;;+2;2*-1/p-3. The SMILES string of the molecule is [Cl][Bi]([Cl])[Cl].[H-].[H-].[Mg+2]. The molecule has 0 unspecified atom stereocenters.